The van der Waals surface area contributed by atoms with E-state index in [0.29, 0.717) is 0 Å². The Bertz CT molecular complexity index is 10.8. The molecule has 0 unspecified atom stereocenters. The third-order valence-corrected chi connectivity index (χ3v) is 0. The molecule has 0 aliphatic heterocycles. The summed E-state index contributed by atoms with van der Waals surface area (Å²) in [7, 11) is 0. The summed E-state index contributed by atoms with van der Waals surface area (Å²) in [6.07, 6.45) is 0. The quantitative estimate of drug-likeness (QED) is 0.225. The summed E-state index contributed by atoms with van der Waals surface area (Å²) in [6.45, 7) is 0. The summed E-state index contributed by atoms with van der Waals surface area (Å²) in [5.41, 5.74) is 0. The summed E-state index contributed by atoms with van der Waals surface area (Å²) in [6, 6.07) is 0. The maximum absolute atomic E-state index is 0. The first-order valence-electron chi connectivity index (χ1n) is 0. The first-order chi connectivity index (χ1) is 0. The van der Waals surface area contributed by atoms with Crippen molar-refractivity contribution < 1.29 is 140 Å². The van der Waals surface area contributed by atoms with E-state index in [1.54, 1.807) is 0 Å². The predicted molar refractivity (Wildman–Crippen MR) is 5.75 cm³/mol. The van der Waals surface area contributed by atoms with Gasteiger partial charge in [0.15, 0.2) is 0 Å². The fourth-order valence-corrected chi connectivity index (χ4v) is 0. The summed E-state index contributed by atoms with van der Waals surface area (Å²) in [4.78, 5) is 0. The summed E-state index contributed by atoms with van der Waals surface area (Å²) >= 11 is 0. The summed E-state index contributed by atoms with van der Waals surface area (Å²) < 4.78 is 0. The fourth-order valence-electron chi connectivity index (χ4n) is 0. The van der Waals surface area contributed by atoms with Gasteiger partial charge in [0.2, 0.25) is 0 Å². The molecule has 32 valence electrons. The molecule has 6 heteroatoms. The second kappa shape index (κ2) is 34.4. The van der Waals surface area contributed by atoms with E-state index in [1.165, 1.54) is 0 Å². The molecule has 0 saturated carbocycles. The number of hydrogen-bond acceptors (Lipinski definition) is 0. The van der Waals surface area contributed by atoms with Crippen LogP contribution in [0.15, 0.2) is 0 Å². The molecule has 0 heterocycles. The molecule has 0 aromatic carbocycles. The van der Waals surface area contributed by atoms with E-state index in [4.69, 9.17) is 0 Å². The Balaban J connectivity index is 0. The van der Waals surface area contributed by atoms with E-state index in [0.717, 1.165) is 0 Å². The van der Waals surface area contributed by atoms with Crippen LogP contribution in [0.5, 0.6) is 0 Å². The summed E-state index contributed by atoms with van der Waals surface area (Å²) in [5, 5.41) is 0. The minimum Gasteiger partial charge on any atom is -1.00 e. The Kier molecular flexibility index (Phi) is 273. The van der Waals surface area contributed by atoms with Crippen molar-refractivity contribution in [3.05, 3.63) is 0 Å². The minimum absolute atomic E-state index is 0. The third-order valence-electron chi connectivity index (χ3n) is 0. The van der Waals surface area contributed by atoms with Crippen LogP contribution in [-0.2, 0) is 0 Å². The predicted octanol–water partition coefficient (Wildman–Crippen LogP) is -15.4. The molecule has 0 atom stereocenters. The van der Waals surface area contributed by atoms with E-state index in [9.17, 15) is 0 Å². The molecule has 0 aliphatic carbocycles. The molecule has 0 saturated heterocycles. The largest absolute Gasteiger partial charge is 3.00 e. The van der Waals surface area contributed by atoms with Crippen molar-refractivity contribution in [2.75, 3.05) is 0 Å². The van der Waals surface area contributed by atoms with Gasteiger partial charge in [-0.2, -0.15) is 0 Å². The SMILES string of the molecule is [B+3].[Br-].[I-].[I-].[I-].[K+]. The molecular weight excluding hydrogens is 511 g/mol. The van der Waals surface area contributed by atoms with E-state index >= 15 is 0 Å². The molecule has 0 N–H and O–H groups in total. The van der Waals surface area contributed by atoms with Crippen LogP contribution in [0.1, 0.15) is 0 Å². The van der Waals surface area contributed by atoms with E-state index in [2.05, 4.69) is 0 Å². The fraction of sp³-hybridized carbons (Fsp3) is 0. The van der Waals surface area contributed by atoms with Crippen molar-refractivity contribution in [1.82, 2.24) is 0 Å². The van der Waals surface area contributed by atoms with Gasteiger partial charge in [0.25, 0.3) is 0 Å². The Morgan fingerprint density at radius 1 is 0.667 bits per heavy atom. The van der Waals surface area contributed by atoms with E-state index < -0.39 is 0 Å². The van der Waals surface area contributed by atoms with Gasteiger partial charge >= 0.3 is 59.8 Å². The van der Waals surface area contributed by atoms with Gasteiger partial charge in [0.05, 0.1) is 0 Å². The Labute approximate surface area is 145 Å². The van der Waals surface area contributed by atoms with Crippen LogP contribution in [0.3, 0.4) is 0 Å². The molecule has 0 radical (unpaired) electrons. The number of rotatable bonds is 0. The van der Waals surface area contributed by atoms with Gasteiger partial charge in [-0.3, -0.25) is 0 Å². The summed E-state index contributed by atoms with van der Waals surface area (Å²) in [5.74, 6) is 0. The van der Waals surface area contributed by atoms with Crippen LogP contribution in [-0.4, -0.2) is 8.41 Å². The van der Waals surface area contributed by atoms with Crippen LogP contribution in [0.2, 0.25) is 0 Å². The van der Waals surface area contributed by atoms with Gasteiger partial charge in [-0.1, -0.05) is 0 Å². The zero-order valence-electron chi connectivity index (χ0n) is 3.09. The van der Waals surface area contributed by atoms with Crippen LogP contribution < -0.4 is 140 Å². The molecule has 0 aliphatic rings. The molecule has 0 aromatic heterocycles. The van der Waals surface area contributed by atoms with E-state index in [-0.39, 0.29) is 149 Å². The Hall–Kier alpha value is 4.37. The topological polar surface area (TPSA) is 0 Å². The van der Waals surface area contributed by atoms with Crippen molar-refractivity contribution in [3.63, 3.8) is 0 Å². The van der Waals surface area contributed by atoms with Gasteiger partial charge in [-0.25, -0.2) is 0 Å². The van der Waals surface area contributed by atoms with Crippen LogP contribution in [0, 0.1) is 0 Å². The normalized spacial score (nSPS) is 0. The first kappa shape index (κ1) is 47.7. The molecule has 0 amide bonds. The van der Waals surface area contributed by atoms with Crippen molar-refractivity contribution in [2.24, 2.45) is 0 Å². The van der Waals surface area contributed by atoms with Gasteiger partial charge in [0, 0.05) is 0 Å². The van der Waals surface area contributed by atoms with Crippen molar-refractivity contribution in [3.8, 4) is 0 Å². The number of hydrogen-bond donors (Lipinski definition) is 0. The van der Waals surface area contributed by atoms with E-state index in [1.807, 2.05) is 0 Å². The van der Waals surface area contributed by atoms with Gasteiger partial charge in [-0.15, -0.1) is 0 Å². The molecule has 0 spiro atoms. The van der Waals surface area contributed by atoms with Crippen LogP contribution >= 0.6 is 0 Å². The second-order valence-electron chi connectivity index (χ2n) is 0. The van der Waals surface area contributed by atoms with Crippen molar-refractivity contribution in [2.45, 2.75) is 0 Å². The zero-order chi connectivity index (χ0) is 0. The molecule has 0 rings (SSSR count). The van der Waals surface area contributed by atoms with Crippen molar-refractivity contribution >= 4 is 8.41 Å². The standard InChI is InChI=1S/B.BrH.3HI.K/h;4*1H;/q+3;;;;;+1/p-4. The second-order valence-corrected chi connectivity index (χ2v) is 0. The van der Waals surface area contributed by atoms with Gasteiger partial charge in [-0.05, 0) is 0 Å². The zero-order valence-corrected chi connectivity index (χ0v) is 14.3. The van der Waals surface area contributed by atoms with Crippen LogP contribution in [0.4, 0.5) is 0 Å². The smallest absolute Gasteiger partial charge is 1.00 e. The van der Waals surface area contributed by atoms with Crippen LogP contribution in [0.25, 0.3) is 0 Å². The third kappa shape index (κ3) is 23.8. The Morgan fingerprint density at radius 3 is 0.667 bits per heavy atom. The minimum atomic E-state index is 0. The molecule has 0 aromatic rings. The monoisotopic (exact) mass is 510 g/mol. The number of halogens is 4. The average Bonchev–Trinajstić information content (AvgIpc) is 0. The molecule has 0 bridgehead atoms. The van der Waals surface area contributed by atoms with Gasteiger partial charge in [0.1, 0.15) is 0 Å². The average molecular weight is 511 g/mol. The molecule has 0 fully saturated rings. The Morgan fingerprint density at radius 2 is 0.667 bits per heavy atom. The maximum Gasteiger partial charge on any atom is 3.00 e. The maximum atomic E-state index is 0. The molecule has 6 heavy (non-hydrogen) atoms. The first-order valence-corrected chi connectivity index (χ1v) is 0. The van der Waals surface area contributed by atoms with Crippen molar-refractivity contribution in [1.29, 1.82) is 0 Å². The molecule has 0 nitrogen and oxygen atoms in total. The van der Waals surface area contributed by atoms with Gasteiger partial charge < -0.3 is 88.9 Å². The molecular formula is BBrI3K.